The summed E-state index contributed by atoms with van der Waals surface area (Å²) in [6, 6.07) is 3.79. The number of benzene rings is 3. The van der Waals surface area contributed by atoms with Crippen molar-refractivity contribution in [2.45, 2.75) is 95.0 Å². The molecule has 3 unspecified atom stereocenters. The summed E-state index contributed by atoms with van der Waals surface area (Å²) in [6.07, 6.45) is -17.1. The minimum Gasteiger partial charge on any atom is -0.403 e. The molecule has 3 aromatic carbocycles. The Balaban J connectivity index is 1.42. The highest BCUT2D eigenvalue weighted by atomic mass is 31.2. The SMILES string of the molecule is O=P1(O)Oc2c(Cc3cc(C(F)(F)F)cc(C(F)(F)F)c3)cc3c(c2C2=C4CCCCC4=CC(Cc4cc(C(F)(F)F)cc(C(F)(F)F)c4)C2O1)CCCC3. The third-order valence-corrected chi connectivity index (χ3v) is 11.4. The van der Waals surface area contributed by atoms with Gasteiger partial charge in [-0.3, -0.25) is 9.42 Å². The lowest BCUT2D eigenvalue weighted by Crippen LogP contribution is -2.31. The van der Waals surface area contributed by atoms with Gasteiger partial charge in [0.25, 0.3) is 0 Å². The van der Waals surface area contributed by atoms with Gasteiger partial charge in [-0.1, -0.05) is 12.1 Å². The number of aryl methyl sites for hydroxylation is 1. The summed E-state index contributed by atoms with van der Waals surface area (Å²) < 4.78 is 191. The fourth-order valence-corrected chi connectivity index (χ4v) is 9.27. The highest BCUT2D eigenvalue weighted by Gasteiger charge is 2.47. The summed E-state index contributed by atoms with van der Waals surface area (Å²) in [4.78, 5) is 11.2. The third kappa shape index (κ3) is 8.09. The van der Waals surface area contributed by atoms with Gasteiger partial charge in [0.2, 0.25) is 0 Å². The molecule has 3 aromatic rings. The second-order valence-electron chi connectivity index (χ2n) is 14.3. The number of fused-ring (bicyclic) bond motifs is 6. The summed E-state index contributed by atoms with van der Waals surface area (Å²) in [5, 5.41) is 0. The van der Waals surface area contributed by atoms with Crippen LogP contribution in [-0.2, 0) is 59.5 Å². The molecule has 4 nitrogen and oxygen atoms in total. The average Bonchev–Trinajstić information content (AvgIpc) is 3.20. The van der Waals surface area contributed by atoms with Crippen molar-refractivity contribution in [3.8, 4) is 5.75 Å². The minimum atomic E-state index is -5.24. The summed E-state index contributed by atoms with van der Waals surface area (Å²) >= 11 is 0. The van der Waals surface area contributed by atoms with Crippen LogP contribution >= 0.6 is 7.82 Å². The van der Waals surface area contributed by atoms with Gasteiger partial charge in [0, 0.05) is 23.5 Å². The van der Waals surface area contributed by atoms with E-state index in [-0.39, 0.29) is 34.6 Å². The molecule has 0 bridgehead atoms. The Bertz CT molecular complexity index is 2080. The van der Waals surface area contributed by atoms with Crippen molar-refractivity contribution in [1.82, 2.24) is 0 Å². The van der Waals surface area contributed by atoms with E-state index in [0.717, 1.165) is 0 Å². The summed E-state index contributed by atoms with van der Waals surface area (Å²) in [7, 11) is -5.24. The quantitative estimate of drug-likeness (QED) is 0.211. The van der Waals surface area contributed by atoms with E-state index in [0.29, 0.717) is 103 Å². The van der Waals surface area contributed by atoms with E-state index in [1.807, 2.05) is 0 Å². The Morgan fingerprint density at radius 2 is 1.16 bits per heavy atom. The topological polar surface area (TPSA) is 55.8 Å². The van der Waals surface area contributed by atoms with Gasteiger partial charge in [0.15, 0.2) is 0 Å². The molecule has 0 amide bonds. The predicted octanol–water partition coefficient (Wildman–Crippen LogP) is 12.2. The zero-order chi connectivity index (χ0) is 39.9. The Hall–Kier alpha value is -3.75. The molecule has 1 saturated carbocycles. The molecule has 0 aromatic heterocycles. The molecule has 1 fully saturated rings. The van der Waals surface area contributed by atoms with Gasteiger partial charge in [-0.25, -0.2) is 4.57 Å². The van der Waals surface area contributed by atoms with Gasteiger partial charge in [-0.15, -0.1) is 0 Å². The number of hydrogen-bond donors (Lipinski definition) is 1. The van der Waals surface area contributed by atoms with Crippen LogP contribution in [0, 0.1) is 5.92 Å². The van der Waals surface area contributed by atoms with E-state index in [1.165, 1.54) is 6.07 Å². The average molecular weight is 811 g/mol. The van der Waals surface area contributed by atoms with E-state index < -0.39 is 85.2 Å². The molecule has 0 radical (unpaired) electrons. The van der Waals surface area contributed by atoms with Crippen molar-refractivity contribution in [1.29, 1.82) is 0 Å². The second-order valence-corrected chi connectivity index (χ2v) is 15.7. The molecule has 3 atom stereocenters. The number of phosphoric ester groups is 1. The molecular weight excluding hydrogens is 779 g/mol. The van der Waals surface area contributed by atoms with Crippen LogP contribution in [0.15, 0.2) is 59.7 Å². The third-order valence-electron chi connectivity index (χ3n) is 10.5. The highest BCUT2D eigenvalue weighted by Crippen LogP contribution is 2.60. The van der Waals surface area contributed by atoms with Crippen molar-refractivity contribution in [3.05, 3.63) is 115 Å². The van der Waals surface area contributed by atoms with Crippen LogP contribution in [0.1, 0.15) is 94.2 Å². The summed E-state index contributed by atoms with van der Waals surface area (Å²) in [5.41, 5.74) is -3.70. The lowest BCUT2D eigenvalue weighted by molar-refractivity contribution is -0.144. The molecule has 0 spiro atoms. The lowest BCUT2D eigenvalue weighted by Gasteiger charge is -2.37. The summed E-state index contributed by atoms with van der Waals surface area (Å²) in [5.74, 6) is -1.38. The van der Waals surface area contributed by atoms with Gasteiger partial charge < -0.3 is 4.52 Å². The predicted molar refractivity (Wildman–Crippen MR) is 175 cm³/mol. The van der Waals surface area contributed by atoms with Gasteiger partial charge in [0.1, 0.15) is 11.9 Å². The van der Waals surface area contributed by atoms with Crippen molar-refractivity contribution in [3.63, 3.8) is 0 Å². The number of phosphoric acid groups is 1. The molecule has 296 valence electrons. The van der Waals surface area contributed by atoms with E-state index >= 15 is 0 Å². The normalized spacial score (nSPS) is 23.2. The van der Waals surface area contributed by atoms with Crippen LogP contribution in [-0.4, -0.2) is 11.0 Å². The molecule has 55 heavy (non-hydrogen) atoms. The zero-order valence-corrected chi connectivity index (χ0v) is 29.4. The van der Waals surface area contributed by atoms with Crippen LogP contribution in [0.3, 0.4) is 0 Å². The van der Waals surface area contributed by atoms with Crippen LogP contribution < -0.4 is 4.52 Å². The largest absolute Gasteiger partial charge is 0.528 e. The minimum absolute atomic E-state index is 0.00254. The van der Waals surface area contributed by atoms with Crippen LogP contribution in [0.25, 0.3) is 5.57 Å². The van der Waals surface area contributed by atoms with Gasteiger partial charge in [0.05, 0.1) is 22.3 Å². The van der Waals surface area contributed by atoms with Crippen LogP contribution in [0.2, 0.25) is 0 Å². The van der Waals surface area contributed by atoms with Crippen LogP contribution in [0.4, 0.5) is 52.7 Å². The van der Waals surface area contributed by atoms with Crippen LogP contribution in [0.5, 0.6) is 5.75 Å². The number of alkyl halides is 12. The fraction of sp³-hybridized carbons (Fsp3) is 0.421. The Morgan fingerprint density at radius 3 is 1.73 bits per heavy atom. The maximum Gasteiger partial charge on any atom is 0.528 e. The Morgan fingerprint density at radius 1 is 0.655 bits per heavy atom. The van der Waals surface area contributed by atoms with Gasteiger partial charge in [-0.05, 0) is 133 Å². The smallest absolute Gasteiger partial charge is 0.403 e. The molecular formula is C38H31F12O4P. The van der Waals surface area contributed by atoms with Crippen molar-refractivity contribution < 1.29 is 71.2 Å². The number of halogens is 12. The monoisotopic (exact) mass is 810 g/mol. The zero-order valence-electron chi connectivity index (χ0n) is 28.5. The Labute approximate surface area is 306 Å². The van der Waals surface area contributed by atoms with Crippen molar-refractivity contribution >= 4 is 13.4 Å². The highest BCUT2D eigenvalue weighted by molar-refractivity contribution is 7.47. The molecule has 0 saturated heterocycles. The maximum atomic E-state index is 13.8. The second kappa shape index (κ2) is 13.7. The van der Waals surface area contributed by atoms with E-state index in [9.17, 15) is 62.1 Å². The first-order chi connectivity index (χ1) is 25.5. The molecule has 3 aliphatic carbocycles. The fourth-order valence-electron chi connectivity index (χ4n) is 8.24. The van der Waals surface area contributed by atoms with Gasteiger partial charge >= 0.3 is 32.5 Å². The number of rotatable bonds is 4. The van der Waals surface area contributed by atoms with Crippen molar-refractivity contribution in [2.75, 3.05) is 0 Å². The molecule has 17 heteroatoms. The van der Waals surface area contributed by atoms with E-state index in [4.69, 9.17) is 9.05 Å². The number of allylic oxidation sites excluding steroid dienone is 2. The van der Waals surface area contributed by atoms with E-state index in [1.54, 1.807) is 6.08 Å². The number of hydrogen-bond acceptors (Lipinski definition) is 3. The molecule has 4 aliphatic rings. The first-order valence-corrected chi connectivity index (χ1v) is 18.9. The maximum absolute atomic E-state index is 13.8. The standard InChI is InChI=1S/C38H31F12O4P/c39-35(40,41)25-11-19(12-26(17-25)36(42,43)44)9-23-15-21-5-1-3-7-29(21)31-32-30-8-4-2-6-22(30)16-24(34(32)54-55(51,52)53-33(23)31)10-20-13-27(37(45,46)47)18-28(14-20)38(48,49)50/h11-18,23,33H,1-10H2,(H,51,52). The Kier molecular flexibility index (Phi) is 9.85. The van der Waals surface area contributed by atoms with E-state index in [2.05, 4.69) is 0 Å². The lowest BCUT2D eigenvalue weighted by atomic mass is 9.70. The molecule has 7 rings (SSSR count). The van der Waals surface area contributed by atoms with Gasteiger partial charge in [-0.2, -0.15) is 52.7 Å². The summed E-state index contributed by atoms with van der Waals surface area (Å²) in [6.45, 7) is 0. The first kappa shape index (κ1) is 39.5. The molecule has 1 heterocycles. The van der Waals surface area contributed by atoms with Crippen molar-refractivity contribution in [2.24, 2.45) is 5.92 Å². The first-order valence-electron chi connectivity index (χ1n) is 17.4. The molecule has 1 N–H and O–H groups in total. The molecule has 1 aliphatic heterocycles.